The van der Waals surface area contributed by atoms with Crippen molar-refractivity contribution in [1.29, 1.82) is 0 Å². The van der Waals surface area contributed by atoms with E-state index in [1.807, 2.05) is 94.6 Å². The predicted molar refractivity (Wildman–Crippen MR) is 315 cm³/mol. The lowest BCUT2D eigenvalue weighted by molar-refractivity contribution is -0.143. The number of amides is 6. The molecule has 0 radical (unpaired) electrons. The van der Waals surface area contributed by atoms with E-state index < -0.39 is 102 Å². The topological polar surface area (TPSA) is 332 Å². The van der Waals surface area contributed by atoms with Gasteiger partial charge < -0.3 is 72.9 Å². The third-order valence-corrected chi connectivity index (χ3v) is 14.5. The van der Waals surface area contributed by atoms with Gasteiger partial charge in [-0.1, -0.05) is 113 Å². The summed E-state index contributed by atoms with van der Waals surface area (Å²) in [7, 11) is 0. The van der Waals surface area contributed by atoms with Gasteiger partial charge in [0, 0.05) is 19.4 Å². The van der Waals surface area contributed by atoms with Crippen LogP contribution in [0.5, 0.6) is 11.5 Å². The molecule has 0 unspecified atom stereocenters. The van der Waals surface area contributed by atoms with E-state index in [1.54, 1.807) is 24.3 Å². The predicted octanol–water partition coefficient (Wildman–Crippen LogP) is 3.75. The number of thioether (sulfide) groups is 1. The largest absolute Gasteiger partial charge is 0.508 e. The summed E-state index contributed by atoms with van der Waals surface area (Å²) in [6, 6.07) is 23.5. The third-order valence-electron chi connectivity index (χ3n) is 13.8. The van der Waals surface area contributed by atoms with Gasteiger partial charge in [-0.05, 0) is 115 Å². The van der Waals surface area contributed by atoms with Gasteiger partial charge in [0.2, 0.25) is 29.5 Å². The highest BCUT2D eigenvalue weighted by Crippen LogP contribution is 2.30. The number of aromatic hydroxyl groups is 2. The van der Waals surface area contributed by atoms with Crippen molar-refractivity contribution >= 4 is 53.2 Å². The zero-order valence-corrected chi connectivity index (χ0v) is 48.8. The van der Waals surface area contributed by atoms with Crippen LogP contribution in [0.3, 0.4) is 0 Å². The van der Waals surface area contributed by atoms with Gasteiger partial charge in [0.25, 0.3) is 5.91 Å². The number of carboxylic acid groups (broad SMARTS) is 1. The number of carboxylic acids is 1. The molecule has 0 saturated carbocycles. The first-order valence-corrected chi connectivity index (χ1v) is 29.6. The van der Waals surface area contributed by atoms with E-state index in [-0.39, 0.29) is 75.2 Å². The zero-order valence-electron chi connectivity index (χ0n) is 48.0. The number of benzene rings is 4. The molecule has 83 heavy (non-hydrogen) atoms. The van der Waals surface area contributed by atoms with Crippen LogP contribution in [0.1, 0.15) is 88.5 Å². The molecule has 0 bridgehead atoms. The maximum atomic E-state index is 15.1. The van der Waals surface area contributed by atoms with Gasteiger partial charge in [-0.3, -0.25) is 28.8 Å². The fourth-order valence-electron chi connectivity index (χ4n) is 9.42. The van der Waals surface area contributed by atoms with Gasteiger partial charge in [-0.25, -0.2) is 4.79 Å². The summed E-state index contributed by atoms with van der Waals surface area (Å²) in [5.41, 5.74) is 14.5. The van der Waals surface area contributed by atoms with E-state index in [4.69, 9.17) is 25.7 Å². The Kier molecular flexibility index (Phi) is 27.7. The van der Waals surface area contributed by atoms with Crippen LogP contribution in [0.25, 0.3) is 0 Å². The van der Waals surface area contributed by atoms with Crippen LogP contribution in [-0.2, 0) is 73.8 Å². The fraction of sp³-hybridized carbons (Fsp3) is 0.492. The summed E-state index contributed by atoms with van der Waals surface area (Å²) in [6.07, 6.45) is -1.37. The number of hydrogen-bond donors (Lipinski definition) is 11. The molecule has 1 saturated heterocycles. The molecule has 5 rings (SSSR count). The Morgan fingerprint density at radius 3 is 1.57 bits per heavy atom. The monoisotopic (exact) mass is 1170 g/mol. The number of unbranched alkanes of at least 4 members (excludes halogenated alkanes) is 1. The van der Waals surface area contributed by atoms with Gasteiger partial charge >= 0.3 is 5.97 Å². The highest BCUT2D eigenvalue weighted by molar-refractivity contribution is 7.98. The van der Waals surface area contributed by atoms with Crippen molar-refractivity contribution in [3.8, 4) is 11.5 Å². The minimum atomic E-state index is -1.51. The molecule has 6 amide bonds. The van der Waals surface area contributed by atoms with Crippen molar-refractivity contribution in [2.24, 2.45) is 23.3 Å². The normalized spacial score (nSPS) is 18.0. The van der Waals surface area contributed by atoms with Crippen LogP contribution in [0, 0.1) is 11.8 Å². The van der Waals surface area contributed by atoms with Crippen LogP contribution in [0.2, 0.25) is 0 Å². The minimum Gasteiger partial charge on any atom is -0.508 e. The molecule has 0 spiro atoms. The summed E-state index contributed by atoms with van der Waals surface area (Å²) in [4.78, 5) is 98.0. The number of carbonyl (C=O) groups excluding carboxylic acids is 6. The number of phenolic OH excluding ortho intramolecular Hbond substituents is 2. The molecular formula is C61H84N8O13S. The summed E-state index contributed by atoms with van der Waals surface area (Å²) in [5.74, 6) is -4.95. The van der Waals surface area contributed by atoms with E-state index in [0.717, 1.165) is 11.1 Å². The number of hydrogen-bond acceptors (Lipinski definition) is 15. The van der Waals surface area contributed by atoms with Crippen molar-refractivity contribution in [2.45, 2.75) is 153 Å². The minimum absolute atomic E-state index is 0.00933. The second-order valence-corrected chi connectivity index (χ2v) is 22.7. The van der Waals surface area contributed by atoms with Crippen LogP contribution < -0.4 is 43.4 Å². The Bertz CT molecular complexity index is 2670. The quantitative estimate of drug-likeness (QED) is 0.0292. The molecule has 0 aromatic heterocycles. The molecule has 10 atom stereocenters. The number of aliphatic carboxylic acids is 1. The first kappa shape index (κ1) is 66.7. The lowest BCUT2D eigenvalue weighted by atomic mass is 10.00. The van der Waals surface area contributed by atoms with E-state index in [2.05, 4.69) is 31.9 Å². The van der Waals surface area contributed by atoms with Gasteiger partial charge in [0.15, 0.2) is 6.10 Å². The highest BCUT2D eigenvalue weighted by atomic mass is 32.2. The fourth-order valence-corrected chi connectivity index (χ4v) is 9.89. The Morgan fingerprint density at radius 1 is 0.566 bits per heavy atom. The van der Waals surface area contributed by atoms with Gasteiger partial charge in [0.05, 0.1) is 19.3 Å². The second-order valence-electron chi connectivity index (χ2n) is 21.7. The van der Waals surface area contributed by atoms with Crippen LogP contribution >= 0.6 is 11.8 Å². The molecule has 1 aliphatic rings. The molecule has 452 valence electrons. The standard InChI is InChI=1S/C61H84N8O13S/c1-37(2)30-45(63)55(72)65-46(27-29-83-5)57(74)68-49(32-39-19-23-43(70)24-20-39)56(73)64-34-51-52(80-35-41-14-8-6-9-15-41)53(81-36-42-16-10-7-11-17-42)54(82-51)60(77)69-50(33-40-21-25-44(71)26-22-40)59(76)67-48(31-38(3)4)58(75)66-47(61(78)79)18-12-13-28-62/h6-11,14-17,19-26,37-38,45-54,70-71H,12-13,18,27-36,62-63H2,1-5H3,(H,64,73)(H,65,72)(H,66,75)(H,67,76)(H,68,74)(H,69,77)(H,78,79)/t45-,46-,47-,48-,49-,50-,51+,52+,53-,54-/m0/s1. The molecule has 1 heterocycles. The number of nitrogens with two attached hydrogens (primary N) is 2. The van der Waals surface area contributed by atoms with Gasteiger partial charge in [0.1, 0.15) is 60.0 Å². The highest BCUT2D eigenvalue weighted by Gasteiger charge is 2.50. The molecule has 13 N–H and O–H groups in total. The summed E-state index contributed by atoms with van der Waals surface area (Å²) in [5, 5.41) is 46.9. The average Bonchev–Trinajstić information content (AvgIpc) is 4.07. The van der Waals surface area contributed by atoms with Crippen LogP contribution in [0.4, 0.5) is 0 Å². The van der Waals surface area contributed by atoms with Crippen molar-refractivity contribution in [3.63, 3.8) is 0 Å². The second kappa shape index (κ2) is 34.5. The summed E-state index contributed by atoms with van der Waals surface area (Å²) < 4.78 is 19.9. The summed E-state index contributed by atoms with van der Waals surface area (Å²) in [6.45, 7) is 7.58. The number of rotatable bonds is 35. The van der Waals surface area contributed by atoms with Crippen molar-refractivity contribution < 1.29 is 63.1 Å². The Labute approximate surface area is 490 Å². The molecule has 22 heteroatoms. The Morgan fingerprint density at radius 2 is 1.05 bits per heavy atom. The zero-order chi connectivity index (χ0) is 60.4. The Hall–Kier alpha value is -7.08. The van der Waals surface area contributed by atoms with Crippen molar-refractivity contribution in [3.05, 3.63) is 131 Å². The molecule has 1 aliphatic heterocycles. The Balaban J connectivity index is 1.49. The van der Waals surface area contributed by atoms with Crippen LogP contribution in [-0.4, -0.2) is 142 Å². The number of nitrogens with one attached hydrogen (secondary N) is 6. The summed E-state index contributed by atoms with van der Waals surface area (Å²) >= 11 is 1.47. The lowest BCUT2D eigenvalue weighted by Gasteiger charge is -2.27. The van der Waals surface area contributed by atoms with E-state index in [9.17, 15) is 44.1 Å². The van der Waals surface area contributed by atoms with Crippen LogP contribution in [0.15, 0.2) is 109 Å². The lowest BCUT2D eigenvalue weighted by Crippen LogP contribution is -2.58. The smallest absolute Gasteiger partial charge is 0.326 e. The molecular weight excluding hydrogens is 1080 g/mol. The SMILES string of the molecule is CSCC[C@H](NC(=O)[C@@H](N)CC(C)C)C(=O)N[C@@H](Cc1ccc(O)cc1)C(=O)NC[C@H]1O[C@H](C(=O)N[C@@H](Cc2ccc(O)cc2)C(=O)N[C@@H](CC(C)C)C(=O)N[C@@H](CCCCN)C(=O)O)[C@@H](OCc2ccccc2)[C@@H]1OCc1ccccc1. The molecule has 4 aromatic rings. The average molecular weight is 1170 g/mol. The molecule has 0 aliphatic carbocycles. The van der Waals surface area contributed by atoms with E-state index in [0.29, 0.717) is 42.7 Å². The number of carbonyl (C=O) groups is 7. The first-order valence-electron chi connectivity index (χ1n) is 28.2. The van der Waals surface area contributed by atoms with Gasteiger partial charge in [-0.15, -0.1) is 0 Å². The number of phenols is 2. The van der Waals surface area contributed by atoms with E-state index >= 15 is 4.79 Å². The first-order chi connectivity index (χ1) is 39.7. The molecule has 4 aromatic carbocycles. The molecule has 1 fully saturated rings. The maximum absolute atomic E-state index is 15.1. The third kappa shape index (κ3) is 22.5. The van der Waals surface area contributed by atoms with Crippen molar-refractivity contribution in [2.75, 3.05) is 25.1 Å². The maximum Gasteiger partial charge on any atom is 0.326 e. The van der Waals surface area contributed by atoms with Crippen molar-refractivity contribution in [1.82, 2.24) is 31.9 Å². The van der Waals surface area contributed by atoms with E-state index in [1.165, 1.54) is 36.0 Å². The number of ether oxygens (including phenoxy) is 3. The molecule has 21 nitrogen and oxygen atoms in total. The van der Waals surface area contributed by atoms with Gasteiger partial charge in [-0.2, -0.15) is 11.8 Å².